The van der Waals surface area contributed by atoms with Gasteiger partial charge in [-0.15, -0.1) is 11.3 Å². The molecular weight excluding hydrogens is 292 g/mol. The molecule has 2 rings (SSSR count). The molecule has 1 fully saturated rings. The Morgan fingerprint density at radius 1 is 1.38 bits per heavy atom. The van der Waals surface area contributed by atoms with E-state index in [0.717, 1.165) is 12.8 Å². The van der Waals surface area contributed by atoms with Gasteiger partial charge in [-0.25, -0.2) is 0 Å². The topological polar surface area (TPSA) is 75.7 Å². The summed E-state index contributed by atoms with van der Waals surface area (Å²) in [6.45, 7) is 3.43. The summed E-state index contributed by atoms with van der Waals surface area (Å²) in [6, 6.07) is 3.47. The van der Waals surface area contributed by atoms with Crippen molar-refractivity contribution in [2.75, 3.05) is 18.5 Å². The monoisotopic (exact) mass is 310 g/mol. The fourth-order valence-electron chi connectivity index (χ4n) is 1.93. The van der Waals surface area contributed by atoms with Gasteiger partial charge < -0.3 is 15.0 Å². The van der Waals surface area contributed by atoms with Crippen molar-refractivity contribution in [3.8, 4) is 0 Å². The molecule has 0 atom stereocenters. The summed E-state index contributed by atoms with van der Waals surface area (Å²) in [7, 11) is 0. The van der Waals surface area contributed by atoms with Crippen LogP contribution in [-0.4, -0.2) is 41.9 Å². The summed E-state index contributed by atoms with van der Waals surface area (Å²) < 4.78 is 4.91. The normalized spacial score (nSPS) is 13.6. The molecule has 1 N–H and O–H groups in total. The summed E-state index contributed by atoms with van der Waals surface area (Å²) in [6.07, 6.45) is 1.82. The Hall–Kier alpha value is -1.89. The van der Waals surface area contributed by atoms with Gasteiger partial charge in [-0.1, -0.05) is 0 Å². The highest BCUT2D eigenvalue weighted by molar-refractivity contribution is 7.18. The van der Waals surface area contributed by atoms with Crippen LogP contribution in [-0.2, 0) is 14.3 Å². The van der Waals surface area contributed by atoms with E-state index in [4.69, 9.17) is 4.74 Å². The molecule has 2 amide bonds. The molecule has 1 heterocycles. The van der Waals surface area contributed by atoms with Crippen LogP contribution >= 0.6 is 11.3 Å². The van der Waals surface area contributed by atoms with E-state index >= 15 is 0 Å². The standard InChI is InChI=1S/C14H18N2O4S/c1-3-20-13(18)8-16(10-4-5-10)14(19)11-6-7-12(21-11)15-9(2)17/h6-7,10H,3-5,8H2,1-2H3,(H,15,17). The average Bonchev–Trinajstić information content (AvgIpc) is 3.15. The van der Waals surface area contributed by atoms with E-state index in [1.54, 1.807) is 24.0 Å². The molecule has 1 aromatic rings. The molecule has 114 valence electrons. The number of hydrogen-bond donors (Lipinski definition) is 1. The minimum absolute atomic E-state index is 0.0231. The lowest BCUT2D eigenvalue weighted by Crippen LogP contribution is -2.37. The van der Waals surface area contributed by atoms with E-state index in [2.05, 4.69) is 5.32 Å². The predicted molar refractivity (Wildman–Crippen MR) is 79.3 cm³/mol. The minimum atomic E-state index is -0.392. The van der Waals surface area contributed by atoms with Crippen LogP contribution in [0.2, 0.25) is 0 Å². The Balaban J connectivity index is 2.05. The first-order chi connectivity index (χ1) is 10.0. The summed E-state index contributed by atoms with van der Waals surface area (Å²) in [5.74, 6) is -0.759. The van der Waals surface area contributed by atoms with Crippen molar-refractivity contribution in [1.29, 1.82) is 0 Å². The van der Waals surface area contributed by atoms with Crippen molar-refractivity contribution >= 4 is 34.1 Å². The molecule has 1 aliphatic rings. The molecule has 1 aliphatic carbocycles. The molecule has 7 heteroatoms. The summed E-state index contributed by atoms with van der Waals surface area (Å²) in [4.78, 5) is 37.2. The van der Waals surface area contributed by atoms with E-state index < -0.39 is 5.97 Å². The van der Waals surface area contributed by atoms with Crippen LogP contribution in [0.25, 0.3) is 0 Å². The maximum atomic E-state index is 12.5. The van der Waals surface area contributed by atoms with Gasteiger partial charge in [0.25, 0.3) is 5.91 Å². The van der Waals surface area contributed by atoms with Gasteiger partial charge in [0.2, 0.25) is 5.91 Å². The average molecular weight is 310 g/mol. The number of nitrogens with one attached hydrogen (secondary N) is 1. The second-order valence-corrected chi connectivity index (χ2v) is 5.90. The molecule has 0 aromatic carbocycles. The molecule has 21 heavy (non-hydrogen) atoms. The lowest BCUT2D eigenvalue weighted by atomic mass is 10.3. The lowest BCUT2D eigenvalue weighted by Gasteiger charge is -2.20. The predicted octanol–water partition coefficient (Wildman–Crippen LogP) is 1.87. The number of esters is 1. The van der Waals surface area contributed by atoms with Gasteiger partial charge in [-0.3, -0.25) is 14.4 Å². The third-order valence-electron chi connectivity index (χ3n) is 2.97. The summed E-state index contributed by atoms with van der Waals surface area (Å²) >= 11 is 1.21. The zero-order valence-electron chi connectivity index (χ0n) is 12.0. The zero-order valence-corrected chi connectivity index (χ0v) is 12.9. The third-order valence-corrected chi connectivity index (χ3v) is 3.96. The van der Waals surface area contributed by atoms with Gasteiger partial charge in [0.1, 0.15) is 6.54 Å². The molecule has 1 saturated carbocycles. The Bertz CT molecular complexity index is 551. The van der Waals surface area contributed by atoms with Gasteiger partial charge >= 0.3 is 5.97 Å². The minimum Gasteiger partial charge on any atom is -0.465 e. The third kappa shape index (κ3) is 4.29. The van der Waals surface area contributed by atoms with Crippen molar-refractivity contribution in [1.82, 2.24) is 4.90 Å². The fraction of sp³-hybridized carbons (Fsp3) is 0.500. The maximum Gasteiger partial charge on any atom is 0.325 e. The molecule has 6 nitrogen and oxygen atoms in total. The first-order valence-corrected chi connectivity index (χ1v) is 7.67. The maximum absolute atomic E-state index is 12.5. The van der Waals surface area contributed by atoms with Crippen molar-refractivity contribution in [3.05, 3.63) is 17.0 Å². The smallest absolute Gasteiger partial charge is 0.325 e. The van der Waals surface area contributed by atoms with Crippen molar-refractivity contribution in [2.45, 2.75) is 32.7 Å². The number of amides is 2. The molecule has 0 unspecified atom stereocenters. The first-order valence-electron chi connectivity index (χ1n) is 6.85. The Labute approximate surface area is 127 Å². The molecule has 0 bridgehead atoms. The second kappa shape index (κ2) is 6.71. The van der Waals surface area contributed by atoms with E-state index in [0.29, 0.717) is 16.5 Å². The molecule has 0 saturated heterocycles. The number of ether oxygens (including phenoxy) is 1. The van der Waals surface area contributed by atoms with Crippen molar-refractivity contribution in [3.63, 3.8) is 0 Å². The van der Waals surface area contributed by atoms with Crippen molar-refractivity contribution in [2.24, 2.45) is 0 Å². The van der Waals surface area contributed by atoms with E-state index in [1.807, 2.05) is 0 Å². The van der Waals surface area contributed by atoms with Gasteiger partial charge in [-0.2, -0.15) is 0 Å². The molecule has 0 radical (unpaired) electrons. The number of hydrogen-bond acceptors (Lipinski definition) is 5. The van der Waals surface area contributed by atoms with Crippen LogP contribution in [0.4, 0.5) is 5.00 Å². The number of carbonyl (C=O) groups excluding carboxylic acids is 3. The van der Waals surface area contributed by atoms with Crippen LogP contribution < -0.4 is 5.32 Å². The van der Waals surface area contributed by atoms with Gasteiger partial charge in [0.15, 0.2) is 0 Å². The molecular formula is C14H18N2O4S. The number of nitrogens with zero attached hydrogens (tertiary/aromatic N) is 1. The Morgan fingerprint density at radius 3 is 2.67 bits per heavy atom. The lowest BCUT2D eigenvalue weighted by molar-refractivity contribution is -0.144. The van der Waals surface area contributed by atoms with Crippen LogP contribution in [0, 0.1) is 0 Å². The van der Waals surface area contributed by atoms with Gasteiger partial charge in [0.05, 0.1) is 16.5 Å². The number of thiophene rings is 1. The van der Waals surface area contributed by atoms with E-state index in [9.17, 15) is 14.4 Å². The Kier molecular flexibility index (Phi) is 4.95. The van der Waals surface area contributed by atoms with E-state index in [1.165, 1.54) is 18.3 Å². The van der Waals surface area contributed by atoms with Gasteiger partial charge in [-0.05, 0) is 31.9 Å². The number of anilines is 1. The number of rotatable bonds is 6. The highest BCUT2D eigenvalue weighted by atomic mass is 32.1. The quantitative estimate of drug-likeness (QED) is 0.814. The fourth-order valence-corrected chi connectivity index (χ4v) is 2.84. The highest BCUT2D eigenvalue weighted by Crippen LogP contribution is 2.30. The highest BCUT2D eigenvalue weighted by Gasteiger charge is 2.35. The second-order valence-electron chi connectivity index (χ2n) is 4.81. The summed E-state index contributed by atoms with van der Waals surface area (Å²) in [5.41, 5.74) is 0. The molecule has 0 aliphatic heterocycles. The molecule has 0 spiro atoms. The van der Waals surface area contributed by atoms with Gasteiger partial charge in [0, 0.05) is 13.0 Å². The number of carbonyl (C=O) groups is 3. The first kappa shape index (κ1) is 15.5. The van der Waals surface area contributed by atoms with Crippen LogP contribution in [0.5, 0.6) is 0 Å². The largest absolute Gasteiger partial charge is 0.465 e. The zero-order chi connectivity index (χ0) is 15.4. The molecule has 1 aromatic heterocycles. The SMILES string of the molecule is CCOC(=O)CN(C(=O)c1ccc(NC(C)=O)s1)C1CC1. The summed E-state index contributed by atoms with van der Waals surface area (Å²) in [5, 5.41) is 3.27. The van der Waals surface area contributed by atoms with Crippen LogP contribution in [0.15, 0.2) is 12.1 Å². The van der Waals surface area contributed by atoms with E-state index in [-0.39, 0.29) is 24.4 Å². The van der Waals surface area contributed by atoms with Crippen molar-refractivity contribution < 1.29 is 19.1 Å². The Morgan fingerprint density at radius 2 is 2.10 bits per heavy atom. The van der Waals surface area contributed by atoms with Crippen LogP contribution in [0.1, 0.15) is 36.4 Å². The van der Waals surface area contributed by atoms with Crippen LogP contribution in [0.3, 0.4) is 0 Å².